The number of likely N-dealkylation sites (tertiary alicyclic amines) is 1. The molecule has 1 fully saturated rings. The van der Waals surface area contributed by atoms with Crippen LogP contribution in [0.1, 0.15) is 24.2 Å². The summed E-state index contributed by atoms with van der Waals surface area (Å²) in [4.78, 5) is 25.5. The predicted octanol–water partition coefficient (Wildman–Crippen LogP) is 1.21. The molecular formula is C18H22N4O4. The van der Waals surface area contributed by atoms with E-state index in [-0.39, 0.29) is 30.9 Å². The van der Waals surface area contributed by atoms with Crippen molar-refractivity contribution < 1.29 is 19.4 Å². The average Bonchev–Trinajstić information content (AvgIpc) is 3.19. The highest BCUT2D eigenvalue weighted by molar-refractivity contribution is 5.80. The second-order valence-electron chi connectivity index (χ2n) is 6.44. The highest BCUT2D eigenvalue weighted by Crippen LogP contribution is 2.24. The number of hydrogen-bond acceptors (Lipinski definition) is 5. The summed E-state index contributed by atoms with van der Waals surface area (Å²) in [6.45, 7) is 2.27. The molecule has 0 bridgehead atoms. The van der Waals surface area contributed by atoms with Gasteiger partial charge < -0.3 is 14.7 Å². The standard InChI is InChI=1S/C18H22N4O4/c1-12-16(19-20-22(12)13-6-4-3-5-7-13)10-17(23)21-11-15(26-2)8-14(21)9-18(24)25/h3-7,14-15H,8-11H2,1-2H3,(H,24,25). The Bertz CT molecular complexity index is 790. The summed E-state index contributed by atoms with van der Waals surface area (Å²) < 4.78 is 7.01. The highest BCUT2D eigenvalue weighted by atomic mass is 16.5. The summed E-state index contributed by atoms with van der Waals surface area (Å²) in [5, 5.41) is 17.4. The van der Waals surface area contributed by atoms with Crippen molar-refractivity contribution in [3.63, 3.8) is 0 Å². The van der Waals surface area contributed by atoms with Gasteiger partial charge in [-0.05, 0) is 25.5 Å². The van der Waals surface area contributed by atoms with E-state index in [2.05, 4.69) is 10.3 Å². The van der Waals surface area contributed by atoms with Gasteiger partial charge in [0, 0.05) is 19.7 Å². The molecule has 0 radical (unpaired) electrons. The molecule has 8 heteroatoms. The fraction of sp³-hybridized carbons (Fsp3) is 0.444. The van der Waals surface area contributed by atoms with Crippen LogP contribution in [0, 0.1) is 6.92 Å². The molecule has 2 heterocycles. The Balaban J connectivity index is 1.75. The minimum absolute atomic E-state index is 0.0821. The Morgan fingerprint density at radius 2 is 2.04 bits per heavy atom. The lowest BCUT2D eigenvalue weighted by Crippen LogP contribution is -2.38. The van der Waals surface area contributed by atoms with E-state index in [1.807, 2.05) is 37.3 Å². The SMILES string of the molecule is COC1CC(CC(=O)O)N(C(=O)Cc2nnn(-c3ccccc3)c2C)C1. The van der Waals surface area contributed by atoms with Gasteiger partial charge in [-0.1, -0.05) is 23.4 Å². The molecule has 2 atom stereocenters. The third-order valence-electron chi connectivity index (χ3n) is 4.75. The number of hydrogen-bond donors (Lipinski definition) is 1. The maximum atomic E-state index is 12.8. The molecule has 1 aromatic carbocycles. The van der Waals surface area contributed by atoms with Crippen LogP contribution in [0.4, 0.5) is 0 Å². The minimum atomic E-state index is -0.921. The van der Waals surface area contributed by atoms with Crippen LogP contribution in [0.15, 0.2) is 30.3 Å². The van der Waals surface area contributed by atoms with Crippen molar-refractivity contribution in [2.75, 3.05) is 13.7 Å². The van der Waals surface area contributed by atoms with Crippen molar-refractivity contribution in [1.82, 2.24) is 19.9 Å². The molecule has 8 nitrogen and oxygen atoms in total. The number of aromatic nitrogens is 3. The van der Waals surface area contributed by atoms with Gasteiger partial charge in [-0.3, -0.25) is 9.59 Å². The molecule has 0 spiro atoms. The summed E-state index contributed by atoms with van der Waals surface area (Å²) in [5.74, 6) is -1.07. The van der Waals surface area contributed by atoms with Gasteiger partial charge in [-0.25, -0.2) is 4.68 Å². The van der Waals surface area contributed by atoms with Crippen molar-refractivity contribution in [3.05, 3.63) is 41.7 Å². The average molecular weight is 358 g/mol. The zero-order valence-electron chi connectivity index (χ0n) is 14.8. The number of rotatable bonds is 6. The van der Waals surface area contributed by atoms with Crippen molar-refractivity contribution in [2.45, 2.75) is 38.3 Å². The van der Waals surface area contributed by atoms with Crippen LogP contribution < -0.4 is 0 Å². The quantitative estimate of drug-likeness (QED) is 0.833. The molecule has 0 aliphatic carbocycles. The van der Waals surface area contributed by atoms with E-state index in [1.54, 1.807) is 16.7 Å². The maximum absolute atomic E-state index is 12.8. The Morgan fingerprint density at radius 1 is 1.31 bits per heavy atom. The second kappa shape index (κ2) is 7.65. The van der Waals surface area contributed by atoms with Gasteiger partial charge in [0.15, 0.2) is 0 Å². The Labute approximate surface area is 151 Å². The summed E-state index contributed by atoms with van der Waals surface area (Å²) in [7, 11) is 1.58. The molecule has 2 unspecified atom stereocenters. The molecule has 138 valence electrons. The van der Waals surface area contributed by atoms with Crippen molar-refractivity contribution in [3.8, 4) is 5.69 Å². The summed E-state index contributed by atoms with van der Waals surface area (Å²) in [5.41, 5.74) is 2.26. The molecule has 3 rings (SSSR count). The number of carboxylic acids is 1. The van der Waals surface area contributed by atoms with Gasteiger partial charge in [-0.2, -0.15) is 0 Å². The number of amides is 1. The number of methoxy groups -OCH3 is 1. The largest absolute Gasteiger partial charge is 0.481 e. The van der Waals surface area contributed by atoms with Gasteiger partial charge in [0.2, 0.25) is 5.91 Å². The van der Waals surface area contributed by atoms with Gasteiger partial charge >= 0.3 is 5.97 Å². The first-order valence-corrected chi connectivity index (χ1v) is 8.50. The first kappa shape index (κ1) is 18.1. The third-order valence-corrected chi connectivity index (χ3v) is 4.75. The monoisotopic (exact) mass is 358 g/mol. The zero-order chi connectivity index (χ0) is 18.7. The van der Waals surface area contributed by atoms with Crippen LogP contribution in [-0.4, -0.2) is 62.7 Å². The Kier molecular flexibility index (Phi) is 5.32. The fourth-order valence-corrected chi connectivity index (χ4v) is 3.33. The number of benzene rings is 1. The molecule has 0 saturated carbocycles. The van der Waals surface area contributed by atoms with E-state index in [4.69, 9.17) is 9.84 Å². The lowest BCUT2D eigenvalue weighted by Gasteiger charge is -2.23. The molecule has 1 aliphatic rings. The number of carboxylic acid groups (broad SMARTS) is 1. The van der Waals surface area contributed by atoms with E-state index in [0.717, 1.165) is 11.4 Å². The van der Waals surface area contributed by atoms with Gasteiger partial charge in [0.25, 0.3) is 0 Å². The van der Waals surface area contributed by atoms with Crippen LogP contribution in [0.25, 0.3) is 5.69 Å². The smallest absolute Gasteiger partial charge is 0.305 e. The first-order chi connectivity index (χ1) is 12.5. The fourth-order valence-electron chi connectivity index (χ4n) is 3.33. The van der Waals surface area contributed by atoms with Crippen LogP contribution in [-0.2, 0) is 20.7 Å². The number of nitrogens with zero attached hydrogens (tertiary/aromatic N) is 4. The van der Waals surface area contributed by atoms with Gasteiger partial charge in [0.05, 0.1) is 36.0 Å². The number of carbonyl (C=O) groups excluding carboxylic acids is 1. The highest BCUT2D eigenvalue weighted by Gasteiger charge is 2.36. The van der Waals surface area contributed by atoms with Crippen molar-refractivity contribution in [2.24, 2.45) is 0 Å². The topological polar surface area (TPSA) is 97.6 Å². The second-order valence-corrected chi connectivity index (χ2v) is 6.44. The number of para-hydroxylation sites is 1. The summed E-state index contributed by atoms with van der Waals surface area (Å²) in [6.07, 6.45) is 0.404. The number of aliphatic carboxylic acids is 1. The van der Waals surface area contributed by atoms with E-state index >= 15 is 0 Å². The lowest BCUT2D eigenvalue weighted by atomic mass is 10.1. The zero-order valence-corrected chi connectivity index (χ0v) is 14.8. The lowest BCUT2D eigenvalue weighted by molar-refractivity contribution is -0.139. The molecule has 1 saturated heterocycles. The number of carbonyl (C=O) groups is 2. The Morgan fingerprint density at radius 3 is 2.69 bits per heavy atom. The molecular weight excluding hydrogens is 336 g/mol. The molecule has 2 aromatic rings. The van der Waals surface area contributed by atoms with E-state index < -0.39 is 5.97 Å². The summed E-state index contributed by atoms with van der Waals surface area (Å²) in [6, 6.07) is 9.22. The molecule has 1 amide bonds. The normalized spacial score (nSPS) is 19.7. The van der Waals surface area contributed by atoms with E-state index in [9.17, 15) is 9.59 Å². The molecule has 1 aliphatic heterocycles. The van der Waals surface area contributed by atoms with Crippen LogP contribution in [0.5, 0.6) is 0 Å². The van der Waals surface area contributed by atoms with E-state index in [0.29, 0.717) is 18.7 Å². The van der Waals surface area contributed by atoms with Crippen LogP contribution in [0.2, 0.25) is 0 Å². The van der Waals surface area contributed by atoms with Gasteiger partial charge in [0.1, 0.15) is 0 Å². The van der Waals surface area contributed by atoms with Crippen LogP contribution >= 0.6 is 0 Å². The minimum Gasteiger partial charge on any atom is -0.481 e. The first-order valence-electron chi connectivity index (χ1n) is 8.50. The van der Waals surface area contributed by atoms with Crippen molar-refractivity contribution in [1.29, 1.82) is 0 Å². The maximum Gasteiger partial charge on any atom is 0.305 e. The van der Waals surface area contributed by atoms with Gasteiger partial charge in [-0.15, -0.1) is 5.10 Å². The Hall–Kier alpha value is -2.74. The van der Waals surface area contributed by atoms with Crippen LogP contribution in [0.3, 0.4) is 0 Å². The predicted molar refractivity (Wildman–Crippen MR) is 93.0 cm³/mol. The molecule has 26 heavy (non-hydrogen) atoms. The van der Waals surface area contributed by atoms with Crippen molar-refractivity contribution >= 4 is 11.9 Å². The molecule has 1 aromatic heterocycles. The molecule has 1 N–H and O–H groups in total. The number of ether oxygens (including phenoxy) is 1. The summed E-state index contributed by atoms with van der Waals surface area (Å²) >= 11 is 0. The van der Waals surface area contributed by atoms with E-state index in [1.165, 1.54) is 0 Å². The third kappa shape index (κ3) is 3.75.